The SMILES string of the molecule is Cc1ccc(=O)n(Cc2ccc(CN)cc2)n1. The van der Waals surface area contributed by atoms with Gasteiger partial charge >= 0.3 is 0 Å². The van der Waals surface area contributed by atoms with E-state index in [-0.39, 0.29) is 5.56 Å². The number of nitrogens with two attached hydrogens (primary N) is 1. The average Bonchev–Trinajstić information content (AvgIpc) is 2.35. The second kappa shape index (κ2) is 4.93. The first kappa shape index (κ1) is 11.5. The number of rotatable bonds is 3. The number of aryl methyl sites for hydroxylation is 1. The fourth-order valence-electron chi connectivity index (χ4n) is 1.62. The standard InChI is InChI=1S/C13H15N3O/c1-10-2-7-13(17)16(15-10)9-12-5-3-11(8-14)4-6-12/h2-7H,8-9,14H2,1H3. The molecule has 17 heavy (non-hydrogen) atoms. The van der Waals surface area contributed by atoms with E-state index in [0.717, 1.165) is 16.8 Å². The Bertz CT molecular complexity index is 558. The van der Waals surface area contributed by atoms with Crippen LogP contribution in [-0.4, -0.2) is 9.78 Å². The van der Waals surface area contributed by atoms with E-state index in [2.05, 4.69) is 5.10 Å². The summed E-state index contributed by atoms with van der Waals surface area (Å²) < 4.78 is 1.47. The van der Waals surface area contributed by atoms with Crippen LogP contribution in [0.15, 0.2) is 41.2 Å². The Morgan fingerprint density at radius 3 is 2.41 bits per heavy atom. The molecule has 0 saturated carbocycles. The summed E-state index contributed by atoms with van der Waals surface area (Å²) in [5, 5.41) is 4.19. The lowest BCUT2D eigenvalue weighted by Crippen LogP contribution is -2.22. The van der Waals surface area contributed by atoms with Crippen LogP contribution in [0.3, 0.4) is 0 Å². The summed E-state index contributed by atoms with van der Waals surface area (Å²) >= 11 is 0. The highest BCUT2D eigenvalue weighted by molar-refractivity contribution is 5.22. The fourth-order valence-corrected chi connectivity index (χ4v) is 1.62. The van der Waals surface area contributed by atoms with Gasteiger partial charge in [-0.2, -0.15) is 5.10 Å². The molecule has 2 N–H and O–H groups in total. The maximum Gasteiger partial charge on any atom is 0.267 e. The molecule has 1 heterocycles. The zero-order chi connectivity index (χ0) is 12.3. The normalized spacial score (nSPS) is 10.5. The van der Waals surface area contributed by atoms with Crippen molar-refractivity contribution in [1.82, 2.24) is 9.78 Å². The second-order valence-electron chi connectivity index (χ2n) is 3.99. The second-order valence-corrected chi connectivity index (χ2v) is 3.99. The first-order valence-corrected chi connectivity index (χ1v) is 5.51. The van der Waals surface area contributed by atoms with Crippen molar-refractivity contribution in [2.75, 3.05) is 0 Å². The van der Waals surface area contributed by atoms with Gasteiger partial charge < -0.3 is 5.73 Å². The van der Waals surface area contributed by atoms with Crippen molar-refractivity contribution < 1.29 is 0 Å². The third kappa shape index (κ3) is 2.79. The molecule has 1 aromatic carbocycles. The van der Waals surface area contributed by atoms with Crippen LogP contribution < -0.4 is 11.3 Å². The minimum Gasteiger partial charge on any atom is -0.326 e. The van der Waals surface area contributed by atoms with Gasteiger partial charge in [0.1, 0.15) is 0 Å². The van der Waals surface area contributed by atoms with E-state index in [1.165, 1.54) is 10.7 Å². The first-order valence-electron chi connectivity index (χ1n) is 5.51. The maximum absolute atomic E-state index is 11.6. The highest BCUT2D eigenvalue weighted by Crippen LogP contribution is 2.04. The Morgan fingerprint density at radius 2 is 1.76 bits per heavy atom. The van der Waals surface area contributed by atoms with Crippen molar-refractivity contribution in [2.24, 2.45) is 5.73 Å². The topological polar surface area (TPSA) is 60.9 Å². The zero-order valence-corrected chi connectivity index (χ0v) is 9.76. The number of aromatic nitrogens is 2. The highest BCUT2D eigenvalue weighted by atomic mass is 16.1. The van der Waals surface area contributed by atoms with E-state index in [9.17, 15) is 4.79 Å². The van der Waals surface area contributed by atoms with E-state index >= 15 is 0 Å². The van der Waals surface area contributed by atoms with Gasteiger partial charge in [0.25, 0.3) is 5.56 Å². The van der Waals surface area contributed by atoms with Gasteiger partial charge in [-0.15, -0.1) is 0 Å². The molecule has 0 aliphatic heterocycles. The minimum absolute atomic E-state index is 0.0847. The Kier molecular flexibility index (Phi) is 3.35. The summed E-state index contributed by atoms with van der Waals surface area (Å²) in [5.74, 6) is 0. The van der Waals surface area contributed by atoms with Gasteiger partial charge in [-0.05, 0) is 24.1 Å². The molecule has 4 nitrogen and oxygen atoms in total. The monoisotopic (exact) mass is 229 g/mol. The van der Waals surface area contributed by atoms with Crippen molar-refractivity contribution in [2.45, 2.75) is 20.0 Å². The molecule has 88 valence electrons. The number of hydrogen-bond acceptors (Lipinski definition) is 3. The van der Waals surface area contributed by atoms with Gasteiger partial charge in [0.15, 0.2) is 0 Å². The van der Waals surface area contributed by atoms with Crippen LogP contribution in [-0.2, 0) is 13.1 Å². The van der Waals surface area contributed by atoms with E-state index < -0.39 is 0 Å². The largest absolute Gasteiger partial charge is 0.326 e. The molecule has 0 aliphatic rings. The molecule has 0 spiro atoms. The van der Waals surface area contributed by atoms with Crippen LogP contribution in [0.25, 0.3) is 0 Å². The van der Waals surface area contributed by atoms with Crippen molar-refractivity contribution in [3.63, 3.8) is 0 Å². The van der Waals surface area contributed by atoms with Gasteiger partial charge in [0, 0.05) is 12.6 Å². The maximum atomic E-state index is 11.6. The van der Waals surface area contributed by atoms with Crippen LogP contribution in [0, 0.1) is 6.92 Å². The molecule has 0 atom stereocenters. The number of benzene rings is 1. The molecular formula is C13H15N3O. The van der Waals surface area contributed by atoms with Gasteiger partial charge in [-0.25, -0.2) is 4.68 Å². The zero-order valence-electron chi connectivity index (χ0n) is 9.76. The molecule has 4 heteroatoms. The van der Waals surface area contributed by atoms with Crippen molar-refractivity contribution >= 4 is 0 Å². The van der Waals surface area contributed by atoms with Gasteiger partial charge in [0.05, 0.1) is 12.2 Å². The molecule has 0 bridgehead atoms. The van der Waals surface area contributed by atoms with E-state index in [0.29, 0.717) is 13.1 Å². The van der Waals surface area contributed by atoms with E-state index in [4.69, 9.17) is 5.73 Å². The Morgan fingerprint density at radius 1 is 1.12 bits per heavy atom. The number of nitrogens with zero attached hydrogens (tertiary/aromatic N) is 2. The third-order valence-corrected chi connectivity index (χ3v) is 2.59. The smallest absolute Gasteiger partial charge is 0.267 e. The molecule has 2 rings (SSSR count). The molecule has 1 aromatic heterocycles. The summed E-state index contributed by atoms with van der Waals surface area (Å²) in [4.78, 5) is 11.6. The van der Waals surface area contributed by atoms with Gasteiger partial charge in [-0.3, -0.25) is 4.79 Å². The van der Waals surface area contributed by atoms with Crippen LogP contribution in [0.1, 0.15) is 16.8 Å². The molecule has 0 unspecified atom stereocenters. The highest BCUT2D eigenvalue weighted by Gasteiger charge is 2.00. The van der Waals surface area contributed by atoms with Crippen LogP contribution in [0.5, 0.6) is 0 Å². The lowest BCUT2D eigenvalue weighted by molar-refractivity contribution is 0.628. The number of hydrogen-bond donors (Lipinski definition) is 1. The molecule has 2 aromatic rings. The first-order chi connectivity index (χ1) is 8.19. The summed E-state index contributed by atoms with van der Waals surface area (Å²) in [6.07, 6.45) is 0. The minimum atomic E-state index is -0.0847. The summed E-state index contributed by atoms with van der Waals surface area (Å²) in [6.45, 7) is 2.89. The molecule has 0 radical (unpaired) electrons. The fraction of sp³-hybridized carbons (Fsp3) is 0.231. The third-order valence-electron chi connectivity index (χ3n) is 2.59. The molecule has 0 saturated heterocycles. The predicted molar refractivity (Wildman–Crippen MR) is 66.7 cm³/mol. The van der Waals surface area contributed by atoms with Gasteiger partial charge in [-0.1, -0.05) is 24.3 Å². The quantitative estimate of drug-likeness (QED) is 0.856. The molecule has 0 fully saturated rings. The van der Waals surface area contributed by atoms with E-state index in [1.54, 1.807) is 6.07 Å². The summed E-state index contributed by atoms with van der Waals surface area (Å²) in [7, 11) is 0. The molecule has 0 amide bonds. The summed E-state index contributed by atoms with van der Waals surface area (Å²) in [5.41, 5.74) is 8.41. The van der Waals surface area contributed by atoms with Crippen LogP contribution in [0.2, 0.25) is 0 Å². The van der Waals surface area contributed by atoms with Crippen LogP contribution >= 0.6 is 0 Å². The predicted octanol–water partition coefficient (Wildman–Crippen LogP) is 1.06. The molecule has 0 aliphatic carbocycles. The van der Waals surface area contributed by atoms with Crippen molar-refractivity contribution in [3.05, 3.63) is 63.6 Å². The lowest BCUT2D eigenvalue weighted by Gasteiger charge is -2.06. The van der Waals surface area contributed by atoms with Crippen molar-refractivity contribution in [3.8, 4) is 0 Å². The Labute approximate surface area is 99.7 Å². The van der Waals surface area contributed by atoms with Crippen LogP contribution in [0.4, 0.5) is 0 Å². The van der Waals surface area contributed by atoms with E-state index in [1.807, 2.05) is 31.2 Å². The lowest BCUT2D eigenvalue weighted by atomic mass is 10.1. The van der Waals surface area contributed by atoms with Crippen molar-refractivity contribution in [1.29, 1.82) is 0 Å². The Hall–Kier alpha value is -1.94. The van der Waals surface area contributed by atoms with Gasteiger partial charge in [0.2, 0.25) is 0 Å². The summed E-state index contributed by atoms with van der Waals surface area (Å²) in [6, 6.07) is 11.1. The Balaban J connectivity index is 2.25. The molecular weight excluding hydrogens is 214 g/mol. The average molecular weight is 229 g/mol.